The van der Waals surface area contributed by atoms with Gasteiger partial charge in [-0.15, -0.1) is 0 Å². The van der Waals surface area contributed by atoms with Crippen molar-refractivity contribution in [3.8, 4) is 0 Å². The number of carbonyl (C=O) groups is 1. The van der Waals surface area contributed by atoms with Crippen LogP contribution >= 0.6 is 23.2 Å². The maximum atomic E-state index is 11.9. The Balaban J connectivity index is 1.76. The van der Waals surface area contributed by atoms with Crippen LogP contribution in [0.5, 0.6) is 0 Å². The zero-order valence-corrected chi connectivity index (χ0v) is 13.9. The molecule has 0 aliphatic carbocycles. The summed E-state index contributed by atoms with van der Waals surface area (Å²) in [4.78, 5) is 13.9. The van der Waals surface area contributed by atoms with Gasteiger partial charge in [0, 0.05) is 23.1 Å². The third-order valence-electron chi connectivity index (χ3n) is 3.18. The molecule has 0 aliphatic rings. The molecular formula is C17H18Cl2N2O. The average molecular weight is 337 g/mol. The molecule has 22 heavy (non-hydrogen) atoms. The van der Waals surface area contributed by atoms with Crippen LogP contribution in [0.15, 0.2) is 48.5 Å². The van der Waals surface area contributed by atoms with Gasteiger partial charge in [0.25, 0.3) is 0 Å². The Morgan fingerprint density at radius 1 is 0.955 bits per heavy atom. The fourth-order valence-electron chi connectivity index (χ4n) is 2.06. The lowest BCUT2D eigenvalue weighted by Gasteiger charge is -2.16. The van der Waals surface area contributed by atoms with Gasteiger partial charge in [-0.25, -0.2) is 0 Å². The van der Waals surface area contributed by atoms with Crippen LogP contribution in [0.2, 0.25) is 10.0 Å². The van der Waals surface area contributed by atoms with Crippen LogP contribution in [-0.2, 0) is 17.9 Å². The molecule has 0 radical (unpaired) electrons. The van der Waals surface area contributed by atoms with Crippen LogP contribution < -0.4 is 5.32 Å². The van der Waals surface area contributed by atoms with Crippen molar-refractivity contribution < 1.29 is 4.79 Å². The van der Waals surface area contributed by atoms with Crippen molar-refractivity contribution in [3.05, 3.63) is 69.7 Å². The molecule has 2 aromatic rings. The zero-order valence-electron chi connectivity index (χ0n) is 12.4. The second-order valence-corrected chi connectivity index (χ2v) is 6.07. The second kappa shape index (κ2) is 8.18. The molecule has 5 heteroatoms. The summed E-state index contributed by atoms with van der Waals surface area (Å²) >= 11 is 11.7. The molecule has 0 fully saturated rings. The van der Waals surface area contributed by atoms with Crippen molar-refractivity contribution in [1.29, 1.82) is 0 Å². The molecule has 0 aromatic heterocycles. The number of rotatable bonds is 6. The Hall–Kier alpha value is -1.55. The van der Waals surface area contributed by atoms with Gasteiger partial charge in [0.05, 0.1) is 6.54 Å². The number of nitrogens with one attached hydrogen (secondary N) is 1. The van der Waals surface area contributed by atoms with E-state index in [1.54, 1.807) is 0 Å². The van der Waals surface area contributed by atoms with Gasteiger partial charge in [0.15, 0.2) is 0 Å². The first-order chi connectivity index (χ1) is 10.5. The van der Waals surface area contributed by atoms with Gasteiger partial charge >= 0.3 is 0 Å². The minimum Gasteiger partial charge on any atom is -0.351 e. The molecule has 0 unspecified atom stereocenters. The van der Waals surface area contributed by atoms with Crippen molar-refractivity contribution in [3.63, 3.8) is 0 Å². The monoisotopic (exact) mass is 336 g/mol. The highest BCUT2D eigenvalue weighted by atomic mass is 35.5. The van der Waals surface area contributed by atoms with Crippen LogP contribution in [-0.4, -0.2) is 24.4 Å². The number of amides is 1. The van der Waals surface area contributed by atoms with Crippen LogP contribution in [0.25, 0.3) is 0 Å². The summed E-state index contributed by atoms with van der Waals surface area (Å²) in [5, 5.41) is 4.31. The Morgan fingerprint density at radius 3 is 2.00 bits per heavy atom. The Kier molecular flexibility index (Phi) is 6.25. The number of likely N-dealkylation sites (N-methyl/N-ethyl adjacent to an activating group) is 1. The topological polar surface area (TPSA) is 32.3 Å². The van der Waals surface area contributed by atoms with Crippen molar-refractivity contribution >= 4 is 29.1 Å². The first-order valence-electron chi connectivity index (χ1n) is 6.97. The standard InChI is InChI=1S/C17H18Cl2N2O/c1-21(11-14-4-8-16(19)9-5-14)12-17(22)20-10-13-2-6-15(18)7-3-13/h2-9H,10-12H2,1H3,(H,20,22). The van der Waals surface area contributed by atoms with Crippen molar-refractivity contribution in [1.82, 2.24) is 10.2 Å². The summed E-state index contributed by atoms with van der Waals surface area (Å²) in [6, 6.07) is 15.1. The molecule has 0 saturated carbocycles. The van der Waals surface area contributed by atoms with Crippen LogP contribution in [0.4, 0.5) is 0 Å². The van der Waals surface area contributed by atoms with Gasteiger partial charge in [0.2, 0.25) is 5.91 Å². The minimum absolute atomic E-state index is 0.00795. The number of benzene rings is 2. The predicted molar refractivity (Wildman–Crippen MR) is 91.1 cm³/mol. The summed E-state index contributed by atoms with van der Waals surface area (Å²) in [7, 11) is 1.91. The molecule has 0 spiro atoms. The van der Waals surface area contributed by atoms with Crippen LogP contribution in [0.1, 0.15) is 11.1 Å². The predicted octanol–water partition coefficient (Wildman–Crippen LogP) is 3.74. The molecule has 0 atom stereocenters. The van der Waals surface area contributed by atoms with E-state index in [2.05, 4.69) is 5.32 Å². The number of carbonyl (C=O) groups excluding carboxylic acids is 1. The molecule has 0 saturated heterocycles. The van der Waals surface area contributed by atoms with Gasteiger partial charge < -0.3 is 5.32 Å². The first-order valence-corrected chi connectivity index (χ1v) is 7.72. The SMILES string of the molecule is CN(CC(=O)NCc1ccc(Cl)cc1)Cc1ccc(Cl)cc1. The van der Waals surface area contributed by atoms with E-state index in [1.807, 2.05) is 60.5 Å². The van der Waals surface area contributed by atoms with Gasteiger partial charge in [-0.05, 0) is 42.4 Å². The highest BCUT2D eigenvalue weighted by Gasteiger charge is 2.07. The molecule has 0 bridgehead atoms. The maximum absolute atomic E-state index is 11.9. The number of nitrogens with zero attached hydrogens (tertiary/aromatic N) is 1. The van der Waals surface area contributed by atoms with Gasteiger partial charge in [0.1, 0.15) is 0 Å². The Morgan fingerprint density at radius 2 is 1.45 bits per heavy atom. The largest absolute Gasteiger partial charge is 0.351 e. The van der Waals surface area contributed by atoms with E-state index in [1.165, 1.54) is 0 Å². The third-order valence-corrected chi connectivity index (χ3v) is 3.69. The highest BCUT2D eigenvalue weighted by Crippen LogP contribution is 2.11. The summed E-state index contributed by atoms with van der Waals surface area (Å²) in [5.41, 5.74) is 2.15. The van der Waals surface area contributed by atoms with E-state index < -0.39 is 0 Å². The van der Waals surface area contributed by atoms with E-state index in [0.29, 0.717) is 29.7 Å². The molecule has 0 aliphatic heterocycles. The third kappa shape index (κ3) is 5.68. The summed E-state index contributed by atoms with van der Waals surface area (Å²) < 4.78 is 0. The molecule has 2 aromatic carbocycles. The minimum atomic E-state index is -0.00795. The molecule has 1 amide bonds. The smallest absolute Gasteiger partial charge is 0.234 e. The normalized spacial score (nSPS) is 10.7. The summed E-state index contributed by atoms with van der Waals surface area (Å²) in [6.45, 7) is 1.55. The van der Waals surface area contributed by atoms with Crippen molar-refractivity contribution in [2.45, 2.75) is 13.1 Å². The zero-order chi connectivity index (χ0) is 15.9. The van der Waals surface area contributed by atoms with Crippen molar-refractivity contribution in [2.24, 2.45) is 0 Å². The number of hydrogen-bond donors (Lipinski definition) is 1. The molecule has 3 nitrogen and oxygen atoms in total. The fraction of sp³-hybridized carbons (Fsp3) is 0.235. The lowest BCUT2D eigenvalue weighted by atomic mass is 10.2. The lowest BCUT2D eigenvalue weighted by Crippen LogP contribution is -2.34. The maximum Gasteiger partial charge on any atom is 0.234 e. The van der Waals surface area contributed by atoms with E-state index in [9.17, 15) is 4.79 Å². The number of halogens is 2. The first kappa shape index (κ1) is 16.8. The number of hydrogen-bond acceptors (Lipinski definition) is 2. The Bertz CT molecular complexity index is 612. The second-order valence-electron chi connectivity index (χ2n) is 5.20. The fourth-order valence-corrected chi connectivity index (χ4v) is 2.31. The molecule has 1 N–H and O–H groups in total. The molecule has 0 heterocycles. The molecule has 116 valence electrons. The van der Waals surface area contributed by atoms with E-state index in [-0.39, 0.29) is 5.91 Å². The Labute approximate surface area is 140 Å². The van der Waals surface area contributed by atoms with Crippen LogP contribution in [0, 0.1) is 0 Å². The van der Waals surface area contributed by atoms with Crippen molar-refractivity contribution in [2.75, 3.05) is 13.6 Å². The quantitative estimate of drug-likeness (QED) is 0.871. The molecular weight excluding hydrogens is 319 g/mol. The van der Waals surface area contributed by atoms with Gasteiger partial charge in [-0.1, -0.05) is 47.5 Å². The average Bonchev–Trinajstić information content (AvgIpc) is 2.49. The van der Waals surface area contributed by atoms with Gasteiger partial charge in [-0.3, -0.25) is 9.69 Å². The summed E-state index contributed by atoms with van der Waals surface area (Å²) in [6.07, 6.45) is 0. The van der Waals surface area contributed by atoms with Crippen LogP contribution in [0.3, 0.4) is 0 Å². The van der Waals surface area contributed by atoms with E-state index in [4.69, 9.17) is 23.2 Å². The summed E-state index contributed by atoms with van der Waals surface area (Å²) in [5.74, 6) is -0.00795. The molecule has 2 rings (SSSR count). The highest BCUT2D eigenvalue weighted by molar-refractivity contribution is 6.30. The van der Waals surface area contributed by atoms with E-state index in [0.717, 1.165) is 11.1 Å². The van der Waals surface area contributed by atoms with Gasteiger partial charge in [-0.2, -0.15) is 0 Å². The lowest BCUT2D eigenvalue weighted by molar-refractivity contribution is -0.122. The van der Waals surface area contributed by atoms with E-state index >= 15 is 0 Å².